The van der Waals surface area contributed by atoms with Gasteiger partial charge in [0.05, 0.1) is 12.5 Å². The molecule has 0 saturated carbocycles. The minimum absolute atomic E-state index is 0.0894. The standard InChI is InChI=1S/C9H16BrNO2/c1-7(5-10)11(2)9(12)8-3-4-13-6-8/h7-8H,3-6H2,1-2H3. The van der Waals surface area contributed by atoms with Crippen LogP contribution in [0.2, 0.25) is 0 Å². The van der Waals surface area contributed by atoms with Crippen LogP contribution in [-0.2, 0) is 9.53 Å². The fourth-order valence-corrected chi connectivity index (χ4v) is 1.77. The molecule has 1 fully saturated rings. The van der Waals surface area contributed by atoms with Crippen LogP contribution in [-0.4, -0.2) is 42.4 Å². The van der Waals surface area contributed by atoms with E-state index < -0.39 is 0 Å². The number of alkyl halides is 1. The molecule has 0 aliphatic carbocycles. The molecule has 0 bridgehead atoms. The molecular weight excluding hydrogens is 234 g/mol. The molecule has 4 heteroatoms. The van der Waals surface area contributed by atoms with Crippen LogP contribution in [0.25, 0.3) is 0 Å². The lowest BCUT2D eigenvalue weighted by Gasteiger charge is -2.25. The molecule has 13 heavy (non-hydrogen) atoms. The molecule has 1 aliphatic heterocycles. The van der Waals surface area contributed by atoms with Gasteiger partial charge in [0.1, 0.15) is 0 Å². The summed E-state index contributed by atoms with van der Waals surface area (Å²) < 4.78 is 5.18. The third kappa shape index (κ3) is 2.68. The van der Waals surface area contributed by atoms with Crippen LogP contribution in [0, 0.1) is 5.92 Å². The van der Waals surface area contributed by atoms with E-state index in [0.29, 0.717) is 6.61 Å². The van der Waals surface area contributed by atoms with E-state index in [0.717, 1.165) is 18.4 Å². The maximum atomic E-state index is 11.8. The molecule has 2 atom stereocenters. The van der Waals surface area contributed by atoms with Crippen LogP contribution < -0.4 is 0 Å². The molecule has 0 aromatic carbocycles. The van der Waals surface area contributed by atoms with E-state index in [-0.39, 0.29) is 17.9 Å². The molecule has 0 aromatic rings. The van der Waals surface area contributed by atoms with Gasteiger partial charge in [0.15, 0.2) is 0 Å². The molecule has 2 unspecified atom stereocenters. The van der Waals surface area contributed by atoms with Gasteiger partial charge in [0.2, 0.25) is 5.91 Å². The first kappa shape index (κ1) is 11.0. The summed E-state index contributed by atoms with van der Waals surface area (Å²) in [6.45, 7) is 3.35. The molecule has 0 aromatic heterocycles. The van der Waals surface area contributed by atoms with E-state index in [4.69, 9.17) is 4.74 Å². The van der Waals surface area contributed by atoms with E-state index in [2.05, 4.69) is 15.9 Å². The third-order valence-corrected chi connectivity index (χ3v) is 3.45. The molecule has 1 amide bonds. The van der Waals surface area contributed by atoms with Gasteiger partial charge in [0, 0.05) is 25.0 Å². The van der Waals surface area contributed by atoms with Gasteiger partial charge >= 0.3 is 0 Å². The van der Waals surface area contributed by atoms with Crippen molar-refractivity contribution in [1.82, 2.24) is 4.90 Å². The summed E-state index contributed by atoms with van der Waals surface area (Å²) in [4.78, 5) is 13.6. The fourth-order valence-electron chi connectivity index (χ4n) is 1.34. The normalized spacial score (nSPS) is 24.4. The Labute approximate surface area is 87.6 Å². The third-order valence-electron chi connectivity index (χ3n) is 2.51. The highest BCUT2D eigenvalue weighted by Gasteiger charge is 2.27. The van der Waals surface area contributed by atoms with Crippen LogP contribution in [0.3, 0.4) is 0 Å². The van der Waals surface area contributed by atoms with Crippen molar-refractivity contribution >= 4 is 21.8 Å². The van der Waals surface area contributed by atoms with Gasteiger partial charge < -0.3 is 9.64 Å². The number of ether oxygens (including phenoxy) is 1. The van der Waals surface area contributed by atoms with Gasteiger partial charge in [0.25, 0.3) is 0 Å². The van der Waals surface area contributed by atoms with Crippen molar-refractivity contribution in [3.05, 3.63) is 0 Å². The van der Waals surface area contributed by atoms with Gasteiger partial charge in [-0.2, -0.15) is 0 Å². The smallest absolute Gasteiger partial charge is 0.228 e. The molecule has 0 radical (unpaired) electrons. The van der Waals surface area contributed by atoms with Crippen molar-refractivity contribution in [2.24, 2.45) is 5.92 Å². The summed E-state index contributed by atoms with van der Waals surface area (Å²) in [5, 5.41) is 0.822. The lowest BCUT2D eigenvalue weighted by atomic mass is 10.1. The van der Waals surface area contributed by atoms with E-state index in [1.165, 1.54) is 0 Å². The molecule has 1 rings (SSSR count). The number of halogens is 1. The number of carbonyl (C=O) groups is 1. The highest BCUT2D eigenvalue weighted by atomic mass is 79.9. The Bertz CT molecular complexity index is 180. The zero-order valence-corrected chi connectivity index (χ0v) is 9.71. The molecule has 3 nitrogen and oxygen atoms in total. The van der Waals surface area contributed by atoms with E-state index >= 15 is 0 Å². The minimum Gasteiger partial charge on any atom is -0.381 e. The lowest BCUT2D eigenvalue weighted by molar-refractivity contribution is -0.135. The van der Waals surface area contributed by atoms with E-state index in [1.54, 1.807) is 4.90 Å². The fraction of sp³-hybridized carbons (Fsp3) is 0.889. The number of rotatable bonds is 3. The van der Waals surface area contributed by atoms with Crippen molar-refractivity contribution < 1.29 is 9.53 Å². The van der Waals surface area contributed by atoms with Gasteiger partial charge in [-0.25, -0.2) is 0 Å². The second kappa shape index (κ2) is 4.96. The van der Waals surface area contributed by atoms with Crippen molar-refractivity contribution in [3.8, 4) is 0 Å². The second-order valence-corrected chi connectivity index (χ2v) is 4.16. The van der Waals surface area contributed by atoms with Gasteiger partial charge in [-0.15, -0.1) is 0 Å². The maximum Gasteiger partial charge on any atom is 0.228 e. The maximum absolute atomic E-state index is 11.8. The minimum atomic E-state index is 0.0894. The van der Waals surface area contributed by atoms with Crippen LogP contribution in [0.5, 0.6) is 0 Å². The Morgan fingerprint density at radius 1 is 1.77 bits per heavy atom. The molecular formula is C9H16BrNO2. The monoisotopic (exact) mass is 249 g/mol. The first-order valence-corrected chi connectivity index (χ1v) is 5.69. The van der Waals surface area contributed by atoms with Crippen molar-refractivity contribution in [3.63, 3.8) is 0 Å². The number of carbonyl (C=O) groups excluding carboxylic acids is 1. The second-order valence-electron chi connectivity index (χ2n) is 3.51. The summed E-state index contributed by atoms with van der Waals surface area (Å²) >= 11 is 3.37. The van der Waals surface area contributed by atoms with Gasteiger partial charge in [-0.1, -0.05) is 15.9 Å². The summed E-state index contributed by atoms with van der Waals surface area (Å²) in [7, 11) is 1.85. The highest BCUT2D eigenvalue weighted by Crippen LogP contribution is 2.16. The summed E-state index contributed by atoms with van der Waals surface area (Å²) in [5.74, 6) is 0.302. The summed E-state index contributed by atoms with van der Waals surface area (Å²) in [6, 6.07) is 0.258. The zero-order chi connectivity index (χ0) is 9.84. The first-order chi connectivity index (χ1) is 6.16. The molecule has 0 spiro atoms. The largest absolute Gasteiger partial charge is 0.381 e. The predicted octanol–water partition coefficient (Wildman–Crippen LogP) is 1.26. The Kier molecular flexibility index (Phi) is 4.19. The van der Waals surface area contributed by atoms with Crippen LogP contribution in [0.1, 0.15) is 13.3 Å². The highest BCUT2D eigenvalue weighted by molar-refractivity contribution is 9.09. The van der Waals surface area contributed by atoms with Crippen LogP contribution in [0.4, 0.5) is 0 Å². The van der Waals surface area contributed by atoms with Gasteiger partial charge in [-0.05, 0) is 13.3 Å². The van der Waals surface area contributed by atoms with Gasteiger partial charge in [-0.3, -0.25) is 4.79 Å². The number of hydrogen-bond donors (Lipinski definition) is 0. The van der Waals surface area contributed by atoms with E-state index in [9.17, 15) is 4.79 Å². The number of hydrogen-bond acceptors (Lipinski definition) is 2. The average molecular weight is 250 g/mol. The van der Waals surface area contributed by atoms with Crippen molar-refractivity contribution in [2.45, 2.75) is 19.4 Å². The average Bonchev–Trinajstić information content (AvgIpc) is 2.67. The Balaban J connectivity index is 2.45. The Morgan fingerprint density at radius 2 is 2.46 bits per heavy atom. The lowest BCUT2D eigenvalue weighted by Crippen LogP contribution is -2.40. The number of nitrogens with zero attached hydrogens (tertiary/aromatic N) is 1. The molecule has 1 saturated heterocycles. The van der Waals surface area contributed by atoms with Crippen molar-refractivity contribution in [1.29, 1.82) is 0 Å². The Hall–Kier alpha value is -0.0900. The molecule has 0 N–H and O–H groups in total. The summed E-state index contributed by atoms with van der Waals surface area (Å²) in [6.07, 6.45) is 0.873. The first-order valence-electron chi connectivity index (χ1n) is 4.57. The quantitative estimate of drug-likeness (QED) is 0.706. The van der Waals surface area contributed by atoms with Crippen molar-refractivity contribution in [2.75, 3.05) is 25.6 Å². The van der Waals surface area contributed by atoms with E-state index in [1.807, 2.05) is 14.0 Å². The summed E-state index contributed by atoms with van der Waals surface area (Å²) in [5.41, 5.74) is 0. The number of amides is 1. The molecule has 1 aliphatic rings. The van der Waals surface area contributed by atoms with Crippen LogP contribution in [0.15, 0.2) is 0 Å². The SMILES string of the molecule is CC(CBr)N(C)C(=O)C1CCOC1. The molecule has 1 heterocycles. The Morgan fingerprint density at radius 3 is 2.92 bits per heavy atom. The predicted molar refractivity (Wildman–Crippen MR) is 55.0 cm³/mol. The molecule has 76 valence electrons. The topological polar surface area (TPSA) is 29.5 Å². The zero-order valence-electron chi connectivity index (χ0n) is 8.12. The van der Waals surface area contributed by atoms with Crippen LogP contribution >= 0.6 is 15.9 Å².